The first-order valence-electron chi connectivity index (χ1n) is 10.2. The number of hydrogen-bond acceptors (Lipinski definition) is 5. The number of benzene rings is 2. The number of fused-ring (bicyclic) bond motifs is 1. The van der Waals surface area contributed by atoms with Crippen LogP contribution in [0.3, 0.4) is 0 Å². The molecule has 2 aliphatic rings. The second kappa shape index (κ2) is 7.80. The molecule has 1 fully saturated rings. The second-order valence-electron chi connectivity index (χ2n) is 7.86. The van der Waals surface area contributed by atoms with Crippen molar-refractivity contribution >= 4 is 34.9 Å². The van der Waals surface area contributed by atoms with Gasteiger partial charge in [0.1, 0.15) is 23.4 Å². The van der Waals surface area contributed by atoms with E-state index in [2.05, 4.69) is 4.98 Å². The van der Waals surface area contributed by atoms with Gasteiger partial charge in [-0.1, -0.05) is 29.8 Å². The summed E-state index contributed by atoms with van der Waals surface area (Å²) in [4.78, 5) is 31.8. The van der Waals surface area contributed by atoms with E-state index in [1.165, 1.54) is 4.90 Å². The summed E-state index contributed by atoms with van der Waals surface area (Å²) in [5.74, 6) is -0.660. The number of hydrogen-bond donors (Lipinski definition) is 1. The van der Waals surface area contributed by atoms with Gasteiger partial charge < -0.3 is 9.84 Å². The third-order valence-corrected chi connectivity index (χ3v) is 5.95. The number of carbonyl (C=O) groups is 2. The van der Waals surface area contributed by atoms with Crippen LogP contribution in [0, 0.1) is 0 Å². The lowest BCUT2D eigenvalue weighted by molar-refractivity contribution is -0.132. The molecule has 160 valence electrons. The minimum atomic E-state index is -0.842. The molecule has 3 aromatic rings. The molecule has 2 atom stereocenters. The molecule has 6 nitrogen and oxygen atoms in total. The Morgan fingerprint density at radius 1 is 1.12 bits per heavy atom. The van der Waals surface area contributed by atoms with E-state index in [1.807, 2.05) is 6.92 Å². The zero-order chi connectivity index (χ0) is 22.4. The minimum absolute atomic E-state index is 0.00916. The average molecular weight is 447 g/mol. The van der Waals surface area contributed by atoms with Gasteiger partial charge in [-0.3, -0.25) is 14.5 Å². The summed E-state index contributed by atoms with van der Waals surface area (Å²) < 4.78 is 5.73. The number of ketones is 1. The molecule has 1 aromatic heterocycles. The number of Topliss-reactive ketones (excluding diaryl/α,β-unsaturated/α-hetero) is 1. The molecule has 0 radical (unpaired) electrons. The van der Waals surface area contributed by atoms with Crippen molar-refractivity contribution in [3.63, 3.8) is 0 Å². The van der Waals surface area contributed by atoms with Crippen molar-refractivity contribution in [3.8, 4) is 5.75 Å². The van der Waals surface area contributed by atoms with E-state index in [0.717, 1.165) is 11.3 Å². The van der Waals surface area contributed by atoms with Crippen LogP contribution in [0.15, 0.2) is 72.4 Å². The van der Waals surface area contributed by atoms with Gasteiger partial charge in [0, 0.05) is 23.2 Å². The predicted molar refractivity (Wildman–Crippen MR) is 121 cm³/mol. The Hall–Kier alpha value is -3.64. The van der Waals surface area contributed by atoms with Crippen LogP contribution in [-0.2, 0) is 16.0 Å². The van der Waals surface area contributed by atoms with E-state index in [-0.39, 0.29) is 17.4 Å². The van der Waals surface area contributed by atoms with Gasteiger partial charge in [-0.05, 0) is 60.5 Å². The van der Waals surface area contributed by atoms with Crippen LogP contribution < -0.4 is 9.64 Å². The third kappa shape index (κ3) is 3.33. The number of ether oxygens (including phenoxy) is 1. The van der Waals surface area contributed by atoms with Gasteiger partial charge in [0.05, 0.1) is 11.6 Å². The molecular weight excluding hydrogens is 428 g/mol. The molecule has 0 bridgehead atoms. The smallest absolute Gasteiger partial charge is 0.301 e. The lowest BCUT2D eigenvalue weighted by atomic mass is 9.94. The predicted octanol–water partition coefficient (Wildman–Crippen LogP) is 4.68. The standard InChI is InChI=1S/C25H19ClN2O4/c1-14-12-17-13-16(7-10-19(17)32-14)23(29)21-22(15-5-8-18(26)9-6-15)28(25(31)24(21)30)20-4-2-3-11-27-20/h2-11,13-14,22,29H,12H2,1H3. The maximum absolute atomic E-state index is 13.2. The number of aliphatic hydroxyl groups excluding tert-OH is 1. The molecule has 1 N–H and O–H groups in total. The number of carbonyl (C=O) groups excluding carboxylic acids is 2. The van der Waals surface area contributed by atoms with Gasteiger partial charge in [0.25, 0.3) is 5.78 Å². The fourth-order valence-electron chi connectivity index (χ4n) is 4.25. The number of aliphatic hydroxyl groups is 1. The summed E-state index contributed by atoms with van der Waals surface area (Å²) in [5.41, 5.74) is 2.05. The van der Waals surface area contributed by atoms with Gasteiger partial charge >= 0.3 is 5.91 Å². The molecule has 5 rings (SSSR count). The summed E-state index contributed by atoms with van der Waals surface area (Å²) >= 11 is 6.06. The number of anilines is 1. The zero-order valence-corrected chi connectivity index (χ0v) is 17.9. The fraction of sp³-hybridized carbons (Fsp3) is 0.160. The largest absolute Gasteiger partial charge is 0.507 e. The molecule has 1 amide bonds. The van der Waals surface area contributed by atoms with Gasteiger partial charge in [0.2, 0.25) is 0 Å². The Morgan fingerprint density at radius 3 is 2.62 bits per heavy atom. The molecule has 2 aliphatic heterocycles. The lowest BCUT2D eigenvalue weighted by Gasteiger charge is -2.24. The lowest BCUT2D eigenvalue weighted by Crippen LogP contribution is -2.30. The van der Waals surface area contributed by atoms with Gasteiger partial charge in [-0.2, -0.15) is 0 Å². The van der Waals surface area contributed by atoms with Crippen molar-refractivity contribution in [2.45, 2.75) is 25.5 Å². The third-order valence-electron chi connectivity index (χ3n) is 5.70. The number of halogens is 1. The Kier molecular flexibility index (Phi) is 4.94. The molecule has 0 spiro atoms. The number of rotatable bonds is 3. The molecule has 0 aliphatic carbocycles. The molecule has 1 saturated heterocycles. The van der Waals surface area contributed by atoms with Crippen LogP contribution in [0.2, 0.25) is 5.02 Å². The summed E-state index contributed by atoms with van der Waals surface area (Å²) in [6.45, 7) is 1.97. The average Bonchev–Trinajstić information content (AvgIpc) is 3.30. The minimum Gasteiger partial charge on any atom is -0.507 e. The number of aromatic nitrogens is 1. The van der Waals surface area contributed by atoms with E-state index in [9.17, 15) is 14.7 Å². The quantitative estimate of drug-likeness (QED) is 0.359. The Labute approximate surface area is 189 Å². The highest BCUT2D eigenvalue weighted by molar-refractivity contribution is 6.51. The Morgan fingerprint density at radius 2 is 1.91 bits per heavy atom. The maximum atomic E-state index is 13.2. The highest BCUT2D eigenvalue weighted by atomic mass is 35.5. The summed E-state index contributed by atoms with van der Waals surface area (Å²) in [6, 6.07) is 16.4. The SMILES string of the molecule is CC1Cc2cc(C(O)=C3C(=O)C(=O)N(c4ccccn4)C3c3ccc(Cl)cc3)ccc2O1. The highest BCUT2D eigenvalue weighted by Gasteiger charge is 2.47. The fourth-order valence-corrected chi connectivity index (χ4v) is 4.38. The highest BCUT2D eigenvalue weighted by Crippen LogP contribution is 2.42. The first kappa shape index (κ1) is 20.3. The van der Waals surface area contributed by atoms with E-state index >= 15 is 0 Å². The van der Waals surface area contributed by atoms with E-state index < -0.39 is 17.7 Å². The van der Waals surface area contributed by atoms with Crippen LogP contribution in [0.25, 0.3) is 5.76 Å². The van der Waals surface area contributed by atoms with Crippen LogP contribution in [-0.4, -0.2) is 27.9 Å². The summed E-state index contributed by atoms with van der Waals surface area (Å²) in [5, 5.41) is 11.8. The Balaban J connectivity index is 1.69. The normalized spacial score (nSPS) is 21.5. The molecule has 32 heavy (non-hydrogen) atoms. The molecule has 3 heterocycles. The van der Waals surface area contributed by atoms with Gasteiger partial charge in [-0.25, -0.2) is 4.98 Å². The van der Waals surface area contributed by atoms with Crippen molar-refractivity contribution in [2.24, 2.45) is 0 Å². The molecular formula is C25H19ClN2O4. The maximum Gasteiger partial charge on any atom is 0.301 e. The first-order chi connectivity index (χ1) is 15.4. The molecule has 2 unspecified atom stereocenters. The number of nitrogens with zero attached hydrogens (tertiary/aromatic N) is 2. The zero-order valence-electron chi connectivity index (χ0n) is 17.2. The van der Waals surface area contributed by atoms with Crippen molar-refractivity contribution in [1.29, 1.82) is 0 Å². The van der Waals surface area contributed by atoms with Crippen molar-refractivity contribution in [3.05, 3.63) is 94.1 Å². The van der Waals surface area contributed by atoms with Crippen LogP contribution in [0.1, 0.15) is 29.7 Å². The summed E-state index contributed by atoms with van der Waals surface area (Å²) in [7, 11) is 0. The topological polar surface area (TPSA) is 79.7 Å². The number of pyridine rings is 1. The van der Waals surface area contributed by atoms with E-state index in [4.69, 9.17) is 16.3 Å². The number of amides is 1. The van der Waals surface area contributed by atoms with Gasteiger partial charge in [-0.15, -0.1) is 0 Å². The molecule has 0 saturated carbocycles. The van der Waals surface area contributed by atoms with Crippen LogP contribution in [0.5, 0.6) is 5.75 Å². The monoisotopic (exact) mass is 446 g/mol. The molecule has 7 heteroatoms. The van der Waals surface area contributed by atoms with E-state index in [1.54, 1.807) is 66.9 Å². The first-order valence-corrected chi connectivity index (χ1v) is 10.6. The molecule has 2 aromatic carbocycles. The van der Waals surface area contributed by atoms with Crippen molar-refractivity contribution in [1.82, 2.24) is 4.98 Å². The van der Waals surface area contributed by atoms with Crippen molar-refractivity contribution < 1.29 is 19.4 Å². The second-order valence-corrected chi connectivity index (χ2v) is 8.30. The van der Waals surface area contributed by atoms with Crippen molar-refractivity contribution in [2.75, 3.05) is 4.90 Å². The van der Waals surface area contributed by atoms with E-state index in [0.29, 0.717) is 28.4 Å². The summed E-state index contributed by atoms with van der Waals surface area (Å²) in [6.07, 6.45) is 2.31. The van der Waals surface area contributed by atoms with Crippen LogP contribution in [0.4, 0.5) is 5.82 Å². The Bertz CT molecular complexity index is 1250. The van der Waals surface area contributed by atoms with Crippen LogP contribution >= 0.6 is 11.6 Å². The van der Waals surface area contributed by atoms with Gasteiger partial charge in [0.15, 0.2) is 0 Å².